The fourth-order valence-corrected chi connectivity index (χ4v) is 2.55. The number of hydrogen-bond acceptors (Lipinski definition) is 5. The average Bonchev–Trinajstić information content (AvgIpc) is 2.75. The molecule has 0 radical (unpaired) electrons. The largest absolute Gasteiger partial charge is 0.490 e. The Morgan fingerprint density at radius 1 is 1.16 bits per heavy atom. The van der Waals surface area contributed by atoms with Gasteiger partial charge in [0.2, 0.25) is 0 Å². The lowest BCUT2D eigenvalue weighted by Gasteiger charge is -2.17. The number of aliphatic imine (C=N–C) groups is 1. The third-order valence-corrected chi connectivity index (χ3v) is 3.86. The molecule has 11 heteroatoms. The number of hydrogen-bond donors (Lipinski definition) is 3. The molecule has 0 saturated carbocycles. The van der Waals surface area contributed by atoms with Crippen molar-refractivity contribution in [3.05, 3.63) is 53.9 Å². The second-order valence-corrected chi connectivity index (χ2v) is 5.91. The molecule has 1 aromatic heterocycles. The number of nitrogens with one attached hydrogen (secondary N) is 3. The van der Waals surface area contributed by atoms with Crippen LogP contribution in [-0.4, -0.2) is 50.2 Å². The van der Waals surface area contributed by atoms with E-state index in [1.165, 1.54) is 6.20 Å². The Morgan fingerprint density at radius 3 is 2.58 bits per heavy atom. The summed E-state index contributed by atoms with van der Waals surface area (Å²) in [6, 6.07) is 8.29. The average molecular weight is 549 g/mol. The second-order valence-electron chi connectivity index (χ2n) is 5.91. The van der Waals surface area contributed by atoms with Gasteiger partial charge < -0.3 is 25.4 Å². The van der Waals surface area contributed by atoms with Gasteiger partial charge in [0, 0.05) is 44.6 Å². The minimum absolute atomic E-state index is 0. The normalized spacial score (nSPS) is 10.8. The van der Waals surface area contributed by atoms with Gasteiger partial charge >= 0.3 is 6.61 Å². The predicted molar refractivity (Wildman–Crippen MR) is 124 cm³/mol. The van der Waals surface area contributed by atoms with Crippen molar-refractivity contribution in [2.45, 2.75) is 20.1 Å². The van der Waals surface area contributed by atoms with E-state index in [4.69, 9.17) is 4.74 Å². The minimum atomic E-state index is -2.97. The Kier molecular flexibility index (Phi) is 12.2. The van der Waals surface area contributed by atoms with Crippen molar-refractivity contribution in [1.29, 1.82) is 0 Å². The third kappa shape index (κ3) is 8.90. The van der Waals surface area contributed by atoms with Gasteiger partial charge in [-0.1, -0.05) is 12.1 Å². The molecule has 0 spiro atoms. The van der Waals surface area contributed by atoms with Gasteiger partial charge in [-0.05, 0) is 25.1 Å². The summed E-state index contributed by atoms with van der Waals surface area (Å²) < 4.78 is 35.6. The van der Waals surface area contributed by atoms with Crippen LogP contribution in [0.4, 0.5) is 8.78 Å². The molecule has 8 nitrogen and oxygen atoms in total. The van der Waals surface area contributed by atoms with Crippen molar-refractivity contribution in [3.8, 4) is 11.5 Å². The van der Waals surface area contributed by atoms with E-state index < -0.39 is 6.61 Å². The standard InChI is InChI=1S/C20H25F2N5O3.HI/c1-3-29-16-8-4-6-14(17(16)30-19(21)22)13-27-20(23-2)26-11-10-25-18(28)15-7-5-9-24-12-15;/h4-9,12,19H,3,10-11,13H2,1-2H3,(H,25,28)(H2,23,26,27);1H. The number of guanidine groups is 1. The highest BCUT2D eigenvalue weighted by Gasteiger charge is 2.16. The van der Waals surface area contributed by atoms with E-state index in [0.717, 1.165) is 0 Å². The maximum absolute atomic E-state index is 12.8. The molecule has 170 valence electrons. The molecule has 0 fully saturated rings. The molecule has 0 atom stereocenters. The number of alkyl halides is 2. The Labute approximate surface area is 196 Å². The van der Waals surface area contributed by atoms with Crippen LogP contribution in [0.5, 0.6) is 11.5 Å². The minimum Gasteiger partial charge on any atom is -0.490 e. The summed E-state index contributed by atoms with van der Waals surface area (Å²) in [4.78, 5) is 19.9. The number of aromatic nitrogens is 1. The number of halogens is 3. The van der Waals surface area contributed by atoms with E-state index in [1.54, 1.807) is 50.5 Å². The second kappa shape index (κ2) is 14.3. The van der Waals surface area contributed by atoms with Gasteiger partial charge in [-0.15, -0.1) is 24.0 Å². The van der Waals surface area contributed by atoms with Crippen LogP contribution in [0, 0.1) is 0 Å². The number of ether oxygens (including phenoxy) is 2. The van der Waals surface area contributed by atoms with E-state index >= 15 is 0 Å². The number of nitrogens with zero attached hydrogens (tertiary/aromatic N) is 2. The lowest BCUT2D eigenvalue weighted by atomic mass is 10.2. The molecular formula is C20H26F2IN5O3. The molecule has 0 aliphatic rings. The zero-order valence-corrected chi connectivity index (χ0v) is 19.6. The third-order valence-electron chi connectivity index (χ3n) is 3.86. The van der Waals surface area contributed by atoms with Crippen LogP contribution in [-0.2, 0) is 6.54 Å². The van der Waals surface area contributed by atoms with Crippen LogP contribution in [0.3, 0.4) is 0 Å². The van der Waals surface area contributed by atoms with Gasteiger partial charge in [-0.2, -0.15) is 8.78 Å². The number of carbonyl (C=O) groups excluding carboxylic acids is 1. The first-order valence-corrected chi connectivity index (χ1v) is 9.37. The molecule has 31 heavy (non-hydrogen) atoms. The number of para-hydroxylation sites is 1. The molecular weight excluding hydrogens is 523 g/mol. The molecule has 1 amide bonds. The van der Waals surface area contributed by atoms with Crippen LogP contribution < -0.4 is 25.4 Å². The zero-order valence-electron chi connectivity index (χ0n) is 17.2. The SMILES string of the molecule is CCOc1cccc(CNC(=NC)NCCNC(=O)c2cccnc2)c1OC(F)F.I. The lowest BCUT2D eigenvalue weighted by molar-refractivity contribution is -0.0520. The van der Waals surface area contributed by atoms with E-state index in [1.807, 2.05) is 0 Å². The molecule has 3 N–H and O–H groups in total. The van der Waals surface area contributed by atoms with Crippen molar-refractivity contribution in [1.82, 2.24) is 20.9 Å². The quantitative estimate of drug-likeness (QED) is 0.183. The summed E-state index contributed by atoms with van der Waals surface area (Å²) in [5.41, 5.74) is 0.967. The highest BCUT2D eigenvalue weighted by atomic mass is 127. The lowest BCUT2D eigenvalue weighted by Crippen LogP contribution is -2.41. The van der Waals surface area contributed by atoms with E-state index in [-0.39, 0.29) is 47.9 Å². The molecule has 1 heterocycles. The Bertz CT molecular complexity index is 841. The Balaban J connectivity index is 0.00000480. The fourth-order valence-electron chi connectivity index (χ4n) is 2.55. The summed E-state index contributed by atoms with van der Waals surface area (Å²) in [7, 11) is 1.58. The van der Waals surface area contributed by atoms with Crippen LogP contribution in [0.1, 0.15) is 22.8 Å². The van der Waals surface area contributed by atoms with Crippen molar-refractivity contribution in [2.75, 3.05) is 26.7 Å². The summed E-state index contributed by atoms with van der Waals surface area (Å²) in [5, 5.41) is 8.82. The molecule has 0 aliphatic carbocycles. The van der Waals surface area contributed by atoms with Crippen molar-refractivity contribution >= 4 is 35.8 Å². The molecule has 0 aliphatic heterocycles. The van der Waals surface area contributed by atoms with Crippen LogP contribution in [0.15, 0.2) is 47.7 Å². The first-order chi connectivity index (χ1) is 14.5. The number of benzene rings is 1. The van der Waals surface area contributed by atoms with Crippen LogP contribution in [0.25, 0.3) is 0 Å². The topological polar surface area (TPSA) is 96.9 Å². The molecule has 0 bridgehead atoms. The van der Waals surface area contributed by atoms with Gasteiger partial charge in [0.15, 0.2) is 17.5 Å². The predicted octanol–water partition coefficient (Wildman–Crippen LogP) is 2.79. The van der Waals surface area contributed by atoms with Crippen LogP contribution in [0.2, 0.25) is 0 Å². The highest BCUT2D eigenvalue weighted by Crippen LogP contribution is 2.32. The van der Waals surface area contributed by atoms with E-state index in [2.05, 4.69) is 30.7 Å². The van der Waals surface area contributed by atoms with E-state index in [9.17, 15) is 13.6 Å². The summed E-state index contributed by atoms with van der Waals surface area (Å²) in [5.74, 6) is 0.448. The first kappa shape index (κ1) is 26.3. The number of rotatable bonds is 10. The summed E-state index contributed by atoms with van der Waals surface area (Å²) >= 11 is 0. The first-order valence-electron chi connectivity index (χ1n) is 9.37. The Hall–Kier alpha value is -2.70. The maximum atomic E-state index is 12.8. The van der Waals surface area contributed by atoms with Crippen molar-refractivity contribution in [2.24, 2.45) is 4.99 Å². The number of pyridine rings is 1. The monoisotopic (exact) mass is 549 g/mol. The van der Waals surface area contributed by atoms with Gasteiger partial charge in [0.1, 0.15) is 0 Å². The maximum Gasteiger partial charge on any atom is 0.387 e. The van der Waals surface area contributed by atoms with Gasteiger partial charge in [-0.3, -0.25) is 14.8 Å². The molecule has 0 unspecified atom stereocenters. The molecule has 0 saturated heterocycles. The van der Waals surface area contributed by atoms with Crippen molar-refractivity contribution in [3.63, 3.8) is 0 Å². The van der Waals surface area contributed by atoms with E-state index in [0.29, 0.717) is 36.8 Å². The van der Waals surface area contributed by atoms with Gasteiger partial charge in [0.25, 0.3) is 5.91 Å². The molecule has 2 aromatic rings. The van der Waals surface area contributed by atoms with Crippen molar-refractivity contribution < 1.29 is 23.0 Å². The van der Waals surface area contributed by atoms with Gasteiger partial charge in [-0.25, -0.2) is 0 Å². The summed E-state index contributed by atoms with van der Waals surface area (Å²) in [6.07, 6.45) is 3.08. The number of amides is 1. The van der Waals surface area contributed by atoms with Gasteiger partial charge in [0.05, 0.1) is 12.2 Å². The Morgan fingerprint density at radius 2 is 1.94 bits per heavy atom. The summed E-state index contributed by atoms with van der Waals surface area (Å²) in [6.45, 7) is 0.0654. The highest BCUT2D eigenvalue weighted by molar-refractivity contribution is 14.0. The molecule has 1 aromatic carbocycles. The fraction of sp³-hybridized carbons (Fsp3) is 0.350. The number of carbonyl (C=O) groups is 1. The molecule has 2 rings (SSSR count). The smallest absolute Gasteiger partial charge is 0.387 e. The zero-order chi connectivity index (χ0) is 21.8. The van der Waals surface area contributed by atoms with Crippen LogP contribution >= 0.6 is 24.0 Å².